The molecule has 0 amide bonds. The molecule has 8 nitrogen and oxygen atoms in total. The van der Waals surface area contributed by atoms with E-state index in [1.165, 1.54) is 0 Å². The van der Waals surface area contributed by atoms with Gasteiger partial charge in [-0.3, -0.25) is 5.32 Å². The summed E-state index contributed by atoms with van der Waals surface area (Å²) >= 11 is 0. The molecule has 0 radical (unpaired) electrons. The zero-order valence-corrected chi connectivity index (χ0v) is 7.17. The van der Waals surface area contributed by atoms with E-state index in [0.29, 0.717) is 0 Å². The van der Waals surface area contributed by atoms with E-state index < -0.39 is 23.8 Å². The number of hydrogen-bond donors (Lipinski definition) is 6. The average molecular weight is 208 g/mol. The Morgan fingerprint density at radius 2 is 1.93 bits per heavy atom. The molecule has 7 N–H and O–H groups in total. The highest BCUT2D eigenvalue weighted by molar-refractivity contribution is 5.86. The summed E-state index contributed by atoms with van der Waals surface area (Å²) in [6, 6.07) is 0. The van der Waals surface area contributed by atoms with Crippen LogP contribution in [-0.2, 0) is 9.59 Å². The number of carbonyl (C=O) groups is 2. The van der Waals surface area contributed by atoms with Gasteiger partial charge in [-0.05, 0) is 0 Å². The summed E-state index contributed by atoms with van der Waals surface area (Å²) in [4.78, 5) is 20.8. The number of carboxylic acids is 2. The Morgan fingerprint density at radius 1 is 1.43 bits per heavy atom. The van der Waals surface area contributed by atoms with Gasteiger partial charge in [0.1, 0.15) is 0 Å². The van der Waals surface area contributed by atoms with Crippen molar-refractivity contribution in [3.05, 3.63) is 0 Å². The predicted octanol–water partition coefficient (Wildman–Crippen LogP) is -3.25. The zero-order chi connectivity index (χ0) is 11.4. The van der Waals surface area contributed by atoms with Crippen LogP contribution in [0.2, 0.25) is 0 Å². The number of nitrogens with one attached hydrogen (secondary N) is 1. The third-order valence-electron chi connectivity index (χ3n) is 1.49. The lowest BCUT2D eigenvalue weighted by Gasteiger charge is -2.26. The minimum atomic E-state index is -2.93. The molecule has 0 aliphatic rings. The maximum atomic E-state index is 10.5. The van der Waals surface area contributed by atoms with E-state index in [9.17, 15) is 14.7 Å². The van der Waals surface area contributed by atoms with Gasteiger partial charge in [-0.15, -0.1) is 0 Å². The van der Waals surface area contributed by atoms with Crippen LogP contribution in [0.25, 0.3) is 0 Å². The number of aliphatic carboxylic acids is 2. The Hall–Kier alpha value is -1.22. The molecule has 8 heteroatoms. The van der Waals surface area contributed by atoms with E-state index in [4.69, 9.17) is 21.1 Å². The number of rotatable bonds is 6. The molecule has 0 saturated carbocycles. The maximum Gasteiger partial charge on any atom is 0.354 e. The molecule has 0 aliphatic carbocycles. The van der Waals surface area contributed by atoms with Crippen LogP contribution in [0.4, 0.5) is 0 Å². The van der Waals surface area contributed by atoms with Gasteiger partial charge in [0.05, 0.1) is 0 Å². The van der Waals surface area contributed by atoms with Crippen LogP contribution in [0.15, 0.2) is 0 Å². The summed E-state index contributed by atoms with van der Waals surface area (Å²) in [5.74, 6) is -3.74. The second-order valence-corrected chi connectivity index (χ2v) is 2.53. The molecular weight excluding hydrogens is 196 g/mol. The van der Waals surface area contributed by atoms with Crippen molar-refractivity contribution in [3.8, 4) is 0 Å². The normalized spacial score (nSPS) is 17.1. The largest absolute Gasteiger partial charge is 0.479 e. The average Bonchev–Trinajstić information content (AvgIpc) is 2.12. The quantitative estimate of drug-likeness (QED) is 0.249. The van der Waals surface area contributed by atoms with Crippen LogP contribution in [0.5, 0.6) is 0 Å². The summed E-state index contributed by atoms with van der Waals surface area (Å²) in [5, 5.41) is 36.9. The first-order valence-electron chi connectivity index (χ1n) is 3.68. The Morgan fingerprint density at radius 3 is 2.21 bits per heavy atom. The molecule has 0 aromatic carbocycles. The fraction of sp³-hybridized carbons (Fsp3) is 0.667. The molecule has 0 aromatic heterocycles. The smallest absolute Gasteiger partial charge is 0.354 e. The van der Waals surface area contributed by atoms with Gasteiger partial charge in [-0.25, -0.2) is 9.59 Å². The molecule has 82 valence electrons. The molecule has 0 rings (SSSR count). The van der Waals surface area contributed by atoms with Crippen LogP contribution >= 0.6 is 0 Å². The zero-order valence-electron chi connectivity index (χ0n) is 7.17. The van der Waals surface area contributed by atoms with Gasteiger partial charge in [0.25, 0.3) is 5.72 Å². The Kier molecular flexibility index (Phi) is 4.44. The lowest BCUT2D eigenvalue weighted by molar-refractivity contribution is -0.188. The number of nitrogens with two attached hydrogens (primary N) is 1. The van der Waals surface area contributed by atoms with Crippen LogP contribution in [0.3, 0.4) is 0 Å². The monoisotopic (exact) mass is 208 g/mol. The van der Waals surface area contributed by atoms with E-state index >= 15 is 0 Å². The predicted molar refractivity (Wildman–Crippen MR) is 43.3 cm³/mol. The van der Waals surface area contributed by atoms with E-state index in [2.05, 4.69) is 0 Å². The fourth-order valence-corrected chi connectivity index (χ4v) is 0.731. The molecule has 14 heavy (non-hydrogen) atoms. The summed E-state index contributed by atoms with van der Waals surface area (Å²) in [7, 11) is 0. The molecule has 0 aliphatic heterocycles. The molecule has 0 heterocycles. The lowest BCUT2D eigenvalue weighted by Crippen LogP contribution is -2.63. The number of carboxylic acid groups (broad SMARTS) is 2. The third kappa shape index (κ3) is 2.64. The summed E-state index contributed by atoms with van der Waals surface area (Å²) < 4.78 is 0. The first-order valence-corrected chi connectivity index (χ1v) is 3.68. The first kappa shape index (κ1) is 12.8. The molecule has 2 atom stereocenters. The van der Waals surface area contributed by atoms with Crippen molar-refractivity contribution in [1.82, 2.24) is 5.32 Å². The van der Waals surface area contributed by atoms with Crippen molar-refractivity contribution >= 4 is 11.9 Å². The molecule has 0 spiro atoms. The molecule has 2 unspecified atom stereocenters. The van der Waals surface area contributed by atoms with Gasteiger partial charge >= 0.3 is 11.9 Å². The van der Waals surface area contributed by atoms with Gasteiger partial charge in [-0.1, -0.05) is 0 Å². The molecule has 0 fully saturated rings. The highest BCUT2D eigenvalue weighted by Crippen LogP contribution is 2.07. The van der Waals surface area contributed by atoms with Crippen molar-refractivity contribution in [2.45, 2.75) is 11.8 Å². The van der Waals surface area contributed by atoms with Crippen molar-refractivity contribution in [1.29, 1.82) is 0 Å². The van der Waals surface area contributed by atoms with E-state index in [0.717, 1.165) is 0 Å². The van der Waals surface area contributed by atoms with Gasteiger partial charge < -0.3 is 26.2 Å². The van der Waals surface area contributed by atoms with Gasteiger partial charge in [0.15, 0.2) is 0 Å². The summed E-state index contributed by atoms with van der Waals surface area (Å²) in [6.45, 7) is -0.158. The minimum absolute atomic E-state index is 0.0120. The van der Waals surface area contributed by atoms with Crippen LogP contribution in [-0.4, -0.2) is 57.3 Å². The summed E-state index contributed by atoms with van der Waals surface area (Å²) in [5.41, 5.74) is 2.09. The molecule has 0 saturated heterocycles. The standard InChI is InChI=1S/C6H12N2O6/c7-1-2-8-6(14,5(12)13)3(9)4(10)11/h3,8-9,14H,1-2,7H2,(H,10,11)(H,12,13). The van der Waals surface area contributed by atoms with Crippen LogP contribution in [0.1, 0.15) is 0 Å². The Balaban J connectivity index is 4.70. The minimum Gasteiger partial charge on any atom is -0.479 e. The number of aliphatic hydroxyl groups is 2. The SMILES string of the molecule is NCCNC(O)(C(=O)O)C(O)C(=O)O. The van der Waals surface area contributed by atoms with Crippen molar-refractivity contribution in [3.63, 3.8) is 0 Å². The lowest BCUT2D eigenvalue weighted by atomic mass is 10.1. The highest BCUT2D eigenvalue weighted by Gasteiger charge is 2.47. The van der Waals surface area contributed by atoms with Gasteiger partial charge in [0.2, 0.25) is 6.10 Å². The third-order valence-corrected chi connectivity index (χ3v) is 1.49. The Bertz CT molecular complexity index is 232. The van der Waals surface area contributed by atoms with Crippen molar-refractivity contribution in [2.75, 3.05) is 13.1 Å². The molecule has 0 bridgehead atoms. The van der Waals surface area contributed by atoms with Crippen molar-refractivity contribution < 1.29 is 30.0 Å². The number of aliphatic hydroxyl groups excluding tert-OH is 1. The highest BCUT2D eigenvalue weighted by atomic mass is 16.5. The molecule has 0 aromatic rings. The van der Waals surface area contributed by atoms with E-state index in [1.807, 2.05) is 5.32 Å². The van der Waals surface area contributed by atoms with Crippen LogP contribution < -0.4 is 11.1 Å². The second kappa shape index (κ2) is 4.86. The molecular formula is C6H12N2O6. The maximum absolute atomic E-state index is 10.5. The van der Waals surface area contributed by atoms with E-state index in [-0.39, 0.29) is 13.1 Å². The first-order chi connectivity index (χ1) is 6.36. The van der Waals surface area contributed by atoms with Gasteiger partial charge in [0, 0.05) is 13.1 Å². The van der Waals surface area contributed by atoms with Gasteiger partial charge in [-0.2, -0.15) is 0 Å². The fourth-order valence-electron chi connectivity index (χ4n) is 0.731. The summed E-state index contributed by atoms with van der Waals surface area (Å²) in [6.07, 6.45) is -2.47. The van der Waals surface area contributed by atoms with Crippen molar-refractivity contribution in [2.24, 2.45) is 5.73 Å². The topological polar surface area (TPSA) is 153 Å². The number of hydrogen-bond acceptors (Lipinski definition) is 6. The van der Waals surface area contributed by atoms with E-state index in [1.54, 1.807) is 0 Å². The van der Waals surface area contributed by atoms with Crippen LogP contribution in [0, 0.1) is 0 Å². The second-order valence-electron chi connectivity index (χ2n) is 2.53. The Labute approximate surface area is 79.0 Å².